The number of hydrogen-bond acceptors (Lipinski definition) is 2. The largest absolute Gasteiger partial charge is 0.411 e. The lowest BCUT2D eigenvalue weighted by Gasteiger charge is -2.10. The molecule has 1 fully saturated rings. The third-order valence-electron chi connectivity index (χ3n) is 2.89. The van der Waals surface area contributed by atoms with Gasteiger partial charge in [0.05, 0.1) is 6.61 Å². The number of ether oxygens (including phenoxy) is 1. The van der Waals surface area contributed by atoms with Gasteiger partial charge in [-0.15, -0.1) is 0 Å². The SMILES string of the molecule is FC(F)(F)COCCNCCC1CCCC1. The Morgan fingerprint density at radius 3 is 2.44 bits per heavy atom. The molecule has 1 aliphatic carbocycles. The van der Waals surface area contributed by atoms with Gasteiger partial charge >= 0.3 is 6.18 Å². The van der Waals surface area contributed by atoms with Gasteiger partial charge in [-0.1, -0.05) is 25.7 Å². The lowest BCUT2D eigenvalue weighted by molar-refractivity contribution is -0.173. The fraction of sp³-hybridized carbons (Fsp3) is 1.00. The number of rotatable bonds is 7. The predicted octanol–water partition coefficient (Wildman–Crippen LogP) is 2.74. The maximum absolute atomic E-state index is 11.7. The van der Waals surface area contributed by atoms with Crippen LogP contribution in [0.3, 0.4) is 0 Å². The highest BCUT2D eigenvalue weighted by molar-refractivity contribution is 4.68. The van der Waals surface area contributed by atoms with Gasteiger partial charge in [0.25, 0.3) is 0 Å². The third kappa shape index (κ3) is 7.06. The molecule has 96 valence electrons. The first-order valence-corrected chi connectivity index (χ1v) is 5.93. The molecule has 0 spiro atoms. The number of halogens is 3. The summed E-state index contributed by atoms with van der Waals surface area (Å²) in [7, 11) is 0. The molecule has 1 saturated carbocycles. The molecule has 0 aliphatic heterocycles. The molecule has 0 amide bonds. The Balaban J connectivity index is 1.81. The van der Waals surface area contributed by atoms with Crippen LogP contribution in [0.1, 0.15) is 32.1 Å². The van der Waals surface area contributed by atoms with Crippen molar-refractivity contribution < 1.29 is 17.9 Å². The van der Waals surface area contributed by atoms with Crippen LogP contribution in [0, 0.1) is 5.92 Å². The van der Waals surface area contributed by atoms with Crippen LogP contribution in [-0.2, 0) is 4.74 Å². The second-order valence-corrected chi connectivity index (χ2v) is 4.36. The van der Waals surface area contributed by atoms with Crippen molar-refractivity contribution in [2.45, 2.75) is 38.3 Å². The molecule has 0 aromatic rings. The van der Waals surface area contributed by atoms with Crippen LogP contribution in [-0.4, -0.2) is 32.5 Å². The highest BCUT2D eigenvalue weighted by Gasteiger charge is 2.27. The first-order chi connectivity index (χ1) is 7.58. The molecule has 0 radical (unpaired) electrons. The molecule has 0 saturated heterocycles. The Morgan fingerprint density at radius 2 is 1.81 bits per heavy atom. The van der Waals surface area contributed by atoms with E-state index < -0.39 is 12.8 Å². The van der Waals surface area contributed by atoms with E-state index in [1.807, 2.05) is 0 Å². The Morgan fingerprint density at radius 1 is 1.12 bits per heavy atom. The van der Waals surface area contributed by atoms with E-state index in [4.69, 9.17) is 0 Å². The van der Waals surface area contributed by atoms with Crippen LogP contribution < -0.4 is 5.32 Å². The van der Waals surface area contributed by atoms with Crippen LogP contribution >= 0.6 is 0 Å². The summed E-state index contributed by atoms with van der Waals surface area (Å²) in [6.45, 7) is 0.379. The normalized spacial score (nSPS) is 18.2. The summed E-state index contributed by atoms with van der Waals surface area (Å²) in [6.07, 6.45) is 2.22. The van der Waals surface area contributed by atoms with Gasteiger partial charge in [0.1, 0.15) is 6.61 Å². The molecule has 0 aromatic heterocycles. The van der Waals surface area contributed by atoms with Crippen LogP contribution in [0.5, 0.6) is 0 Å². The Kier molecular flexibility index (Phi) is 6.13. The lowest BCUT2D eigenvalue weighted by Crippen LogP contribution is -2.25. The van der Waals surface area contributed by atoms with E-state index in [1.165, 1.54) is 25.7 Å². The molecular formula is C11H20F3NO. The molecule has 16 heavy (non-hydrogen) atoms. The average Bonchev–Trinajstić information content (AvgIpc) is 2.67. The number of alkyl halides is 3. The predicted molar refractivity (Wildman–Crippen MR) is 56.3 cm³/mol. The highest BCUT2D eigenvalue weighted by atomic mass is 19.4. The summed E-state index contributed by atoms with van der Waals surface area (Å²) in [6, 6.07) is 0. The Hall–Kier alpha value is -0.290. The van der Waals surface area contributed by atoms with E-state index in [2.05, 4.69) is 10.1 Å². The maximum Gasteiger partial charge on any atom is 0.411 e. The van der Waals surface area contributed by atoms with E-state index in [-0.39, 0.29) is 6.61 Å². The molecule has 1 N–H and O–H groups in total. The monoisotopic (exact) mass is 239 g/mol. The van der Waals surface area contributed by atoms with Crippen molar-refractivity contribution in [2.24, 2.45) is 5.92 Å². The zero-order chi connectivity index (χ0) is 11.9. The van der Waals surface area contributed by atoms with Crippen molar-refractivity contribution in [3.63, 3.8) is 0 Å². The van der Waals surface area contributed by atoms with Crippen molar-refractivity contribution in [1.29, 1.82) is 0 Å². The van der Waals surface area contributed by atoms with Gasteiger partial charge in [-0.25, -0.2) is 0 Å². The zero-order valence-corrected chi connectivity index (χ0v) is 9.48. The van der Waals surface area contributed by atoms with Crippen LogP contribution in [0.4, 0.5) is 13.2 Å². The van der Waals surface area contributed by atoms with Gasteiger partial charge in [0, 0.05) is 6.54 Å². The zero-order valence-electron chi connectivity index (χ0n) is 9.48. The molecule has 2 nitrogen and oxygen atoms in total. The standard InChI is InChI=1S/C11H20F3NO/c12-11(13,14)9-16-8-7-15-6-5-10-3-1-2-4-10/h10,15H,1-9H2. The van der Waals surface area contributed by atoms with Crippen molar-refractivity contribution in [3.8, 4) is 0 Å². The Labute approximate surface area is 94.5 Å². The summed E-state index contributed by atoms with van der Waals surface area (Å²) in [5.74, 6) is 0.823. The molecule has 0 heterocycles. The smallest absolute Gasteiger partial charge is 0.371 e. The molecule has 5 heteroatoms. The minimum Gasteiger partial charge on any atom is -0.371 e. The Bertz CT molecular complexity index is 179. The van der Waals surface area contributed by atoms with Gasteiger partial charge < -0.3 is 10.1 Å². The molecule has 0 atom stereocenters. The first-order valence-electron chi connectivity index (χ1n) is 5.93. The summed E-state index contributed by atoms with van der Waals surface area (Å²) in [4.78, 5) is 0. The molecule has 0 aromatic carbocycles. The van der Waals surface area contributed by atoms with E-state index >= 15 is 0 Å². The topological polar surface area (TPSA) is 21.3 Å². The minimum absolute atomic E-state index is 0.129. The minimum atomic E-state index is -4.20. The summed E-state index contributed by atoms with van der Waals surface area (Å²) in [5.41, 5.74) is 0. The van der Waals surface area contributed by atoms with Gasteiger partial charge in [0.15, 0.2) is 0 Å². The maximum atomic E-state index is 11.7. The van der Waals surface area contributed by atoms with E-state index in [1.54, 1.807) is 0 Å². The summed E-state index contributed by atoms with van der Waals surface area (Å²) < 4.78 is 39.6. The first kappa shape index (κ1) is 13.8. The van der Waals surface area contributed by atoms with E-state index in [0.29, 0.717) is 6.54 Å². The van der Waals surface area contributed by atoms with Crippen molar-refractivity contribution in [3.05, 3.63) is 0 Å². The van der Waals surface area contributed by atoms with Gasteiger partial charge in [0.2, 0.25) is 0 Å². The highest BCUT2D eigenvalue weighted by Crippen LogP contribution is 2.26. The summed E-state index contributed by atoms with van der Waals surface area (Å²) >= 11 is 0. The molecule has 0 bridgehead atoms. The van der Waals surface area contributed by atoms with Gasteiger partial charge in [-0.2, -0.15) is 13.2 Å². The van der Waals surface area contributed by atoms with Crippen LogP contribution in [0.25, 0.3) is 0 Å². The fourth-order valence-corrected chi connectivity index (χ4v) is 2.06. The third-order valence-corrected chi connectivity index (χ3v) is 2.89. The van der Waals surface area contributed by atoms with Gasteiger partial charge in [-0.05, 0) is 18.9 Å². The van der Waals surface area contributed by atoms with Crippen molar-refractivity contribution in [1.82, 2.24) is 5.32 Å². The second kappa shape index (κ2) is 7.12. The molecule has 0 unspecified atom stereocenters. The average molecular weight is 239 g/mol. The van der Waals surface area contributed by atoms with E-state index in [9.17, 15) is 13.2 Å². The van der Waals surface area contributed by atoms with Gasteiger partial charge in [-0.3, -0.25) is 0 Å². The number of nitrogens with one attached hydrogen (secondary N) is 1. The molecule has 1 rings (SSSR count). The molecule has 1 aliphatic rings. The lowest BCUT2D eigenvalue weighted by atomic mass is 10.0. The van der Waals surface area contributed by atoms with Crippen molar-refractivity contribution in [2.75, 3.05) is 26.3 Å². The van der Waals surface area contributed by atoms with Crippen LogP contribution in [0.2, 0.25) is 0 Å². The summed E-state index contributed by atoms with van der Waals surface area (Å²) in [5, 5.41) is 3.11. The number of hydrogen-bond donors (Lipinski definition) is 1. The quantitative estimate of drug-likeness (QED) is 0.690. The molecular weight excluding hydrogens is 219 g/mol. The van der Waals surface area contributed by atoms with E-state index in [0.717, 1.165) is 18.9 Å². The second-order valence-electron chi connectivity index (χ2n) is 4.36. The van der Waals surface area contributed by atoms with Crippen LogP contribution in [0.15, 0.2) is 0 Å². The fourth-order valence-electron chi connectivity index (χ4n) is 2.06. The van der Waals surface area contributed by atoms with Crippen molar-refractivity contribution >= 4 is 0 Å².